The molecule has 9 heteroatoms. The molecule has 3 amide bonds. The van der Waals surface area contributed by atoms with Crippen molar-refractivity contribution in [3.8, 4) is 0 Å². The standard InChI is InChI=1S/C24H25N3O5S/c1-2-32-24(31)15-7-5-9-17(13-15)25-21(28)16-8-6-12-27(14-16)23(30)20-22(29)26-18-10-3-4-11-19(18)33-20/h3-5,7,9-11,13,16,20H,2,6,8,12,14H2,1H3,(H,25,28)(H,26,29)/t16-,20+/m0/s1. The van der Waals surface area contributed by atoms with Crippen LogP contribution in [0.2, 0.25) is 0 Å². The summed E-state index contributed by atoms with van der Waals surface area (Å²) in [5.74, 6) is -1.70. The Bertz CT molecular complexity index is 1090. The Labute approximate surface area is 196 Å². The number of anilines is 2. The van der Waals surface area contributed by atoms with Crippen LogP contribution >= 0.6 is 11.8 Å². The number of amides is 3. The van der Waals surface area contributed by atoms with Gasteiger partial charge < -0.3 is 20.3 Å². The number of nitrogens with one attached hydrogen (secondary N) is 2. The second-order valence-electron chi connectivity index (χ2n) is 7.90. The summed E-state index contributed by atoms with van der Waals surface area (Å²) in [6.45, 7) is 2.75. The highest BCUT2D eigenvalue weighted by Gasteiger charge is 2.38. The van der Waals surface area contributed by atoms with Crippen LogP contribution in [0.3, 0.4) is 0 Å². The van der Waals surface area contributed by atoms with Crippen molar-refractivity contribution in [1.82, 2.24) is 4.90 Å². The number of ether oxygens (including phenoxy) is 1. The van der Waals surface area contributed by atoms with Gasteiger partial charge in [0.05, 0.1) is 23.8 Å². The fraction of sp³-hybridized carbons (Fsp3) is 0.333. The summed E-state index contributed by atoms with van der Waals surface area (Å²) >= 11 is 1.24. The Morgan fingerprint density at radius 2 is 2.00 bits per heavy atom. The minimum Gasteiger partial charge on any atom is -0.462 e. The number of hydrogen-bond acceptors (Lipinski definition) is 6. The van der Waals surface area contributed by atoms with E-state index in [0.717, 1.165) is 4.90 Å². The topological polar surface area (TPSA) is 105 Å². The van der Waals surface area contributed by atoms with E-state index in [0.29, 0.717) is 36.3 Å². The van der Waals surface area contributed by atoms with E-state index in [1.807, 2.05) is 18.2 Å². The fourth-order valence-corrected chi connectivity index (χ4v) is 5.03. The summed E-state index contributed by atoms with van der Waals surface area (Å²) in [6, 6.07) is 13.9. The lowest BCUT2D eigenvalue weighted by molar-refractivity contribution is -0.136. The third-order valence-electron chi connectivity index (χ3n) is 5.60. The molecule has 1 fully saturated rings. The van der Waals surface area contributed by atoms with Gasteiger partial charge in [-0.05, 0) is 50.1 Å². The number of nitrogens with zero attached hydrogens (tertiary/aromatic N) is 1. The lowest BCUT2D eigenvalue weighted by Gasteiger charge is -2.35. The number of thioether (sulfide) groups is 1. The minimum atomic E-state index is -0.872. The van der Waals surface area contributed by atoms with E-state index in [2.05, 4.69) is 10.6 Å². The number of fused-ring (bicyclic) bond motifs is 1. The Morgan fingerprint density at radius 1 is 1.18 bits per heavy atom. The maximum Gasteiger partial charge on any atom is 0.338 e. The van der Waals surface area contributed by atoms with Gasteiger partial charge in [0, 0.05) is 23.7 Å². The van der Waals surface area contributed by atoms with Gasteiger partial charge in [0.15, 0.2) is 5.25 Å². The molecule has 0 spiro atoms. The van der Waals surface area contributed by atoms with Crippen molar-refractivity contribution in [3.63, 3.8) is 0 Å². The van der Waals surface area contributed by atoms with Crippen molar-refractivity contribution in [3.05, 3.63) is 54.1 Å². The first-order chi connectivity index (χ1) is 16.0. The Balaban J connectivity index is 1.40. The molecule has 0 unspecified atom stereocenters. The number of carbonyl (C=O) groups excluding carboxylic acids is 4. The van der Waals surface area contributed by atoms with Crippen LogP contribution in [0.15, 0.2) is 53.4 Å². The predicted octanol–water partition coefficient (Wildman–Crippen LogP) is 3.15. The van der Waals surface area contributed by atoms with Crippen LogP contribution in [-0.4, -0.2) is 53.5 Å². The highest BCUT2D eigenvalue weighted by Crippen LogP contribution is 2.36. The predicted molar refractivity (Wildman–Crippen MR) is 125 cm³/mol. The highest BCUT2D eigenvalue weighted by atomic mass is 32.2. The van der Waals surface area contributed by atoms with E-state index in [1.165, 1.54) is 11.8 Å². The van der Waals surface area contributed by atoms with E-state index in [1.54, 1.807) is 42.2 Å². The number of hydrogen-bond donors (Lipinski definition) is 2. The number of esters is 1. The summed E-state index contributed by atoms with van der Waals surface area (Å²) in [7, 11) is 0. The first kappa shape index (κ1) is 22.8. The van der Waals surface area contributed by atoms with Gasteiger partial charge in [0.1, 0.15) is 0 Å². The van der Waals surface area contributed by atoms with Crippen molar-refractivity contribution >= 4 is 46.8 Å². The van der Waals surface area contributed by atoms with E-state index < -0.39 is 17.1 Å². The number of rotatable bonds is 5. The molecular formula is C24H25N3O5S. The van der Waals surface area contributed by atoms with E-state index in [9.17, 15) is 19.2 Å². The lowest BCUT2D eigenvalue weighted by Crippen LogP contribution is -2.50. The van der Waals surface area contributed by atoms with Crippen LogP contribution in [0, 0.1) is 5.92 Å². The molecule has 2 aromatic carbocycles. The van der Waals surface area contributed by atoms with Gasteiger partial charge in [-0.25, -0.2) is 4.79 Å². The van der Waals surface area contributed by atoms with Crippen LogP contribution in [0.5, 0.6) is 0 Å². The van der Waals surface area contributed by atoms with Crippen molar-refractivity contribution < 1.29 is 23.9 Å². The summed E-state index contributed by atoms with van der Waals surface area (Å²) in [4.78, 5) is 53.0. The monoisotopic (exact) mass is 467 g/mol. The molecule has 2 atom stereocenters. The molecular weight excluding hydrogens is 442 g/mol. The number of carbonyl (C=O) groups is 4. The molecule has 0 radical (unpaired) electrons. The molecule has 2 aromatic rings. The molecule has 1 saturated heterocycles. The molecule has 0 bridgehead atoms. The summed E-state index contributed by atoms with van der Waals surface area (Å²) < 4.78 is 5.00. The molecule has 0 aromatic heterocycles. The van der Waals surface area contributed by atoms with Gasteiger partial charge in [0.2, 0.25) is 17.7 Å². The van der Waals surface area contributed by atoms with Crippen LogP contribution in [0.1, 0.15) is 30.1 Å². The number of para-hydroxylation sites is 1. The Morgan fingerprint density at radius 3 is 2.82 bits per heavy atom. The second-order valence-corrected chi connectivity index (χ2v) is 9.04. The molecule has 2 heterocycles. The zero-order chi connectivity index (χ0) is 23.4. The third-order valence-corrected chi connectivity index (χ3v) is 6.86. The quantitative estimate of drug-likeness (QED) is 0.517. The number of piperidine rings is 1. The first-order valence-corrected chi connectivity index (χ1v) is 11.8. The summed E-state index contributed by atoms with van der Waals surface area (Å²) in [5, 5.41) is 4.76. The molecule has 172 valence electrons. The van der Waals surface area contributed by atoms with E-state index in [4.69, 9.17) is 4.74 Å². The second kappa shape index (κ2) is 10.1. The van der Waals surface area contributed by atoms with Gasteiger partial charge in [0.25, 0.3) is 0 Å². The lowest BCUT2D eigenvalue weighted by atomic mass is 9.96. The van der Waals surface area contributed by atoms with Crippen LogP contribution < -0.4 is 10.6 Å². The number of likely N-dealkylation sites (tertiary alicyclic amines) is 1. The van der Waals surface area contributed by atoms with E-state index in [-0.39, 0.29) is 30.9 Å². The maximum absolute atomic E-state index is 13.1. The molecule has 8 nitrogen and oxygen atoms in total. The van der Waals surface area contributed by atoms with Crippen molar-refractivity contribution in [2.24, 2.45) is 5.92 Å². The smallest absolute Gasteiger partial charge is 0.338 e. The van der Waals surface area contributed by atoms with Crippen molar-refractivity contribution in [1.29, 1.82) is 0 Å². The summed E-state index contributed by atoms with van der Waals surface area (Å²) in [5.41, 5.74) is 1.56. The van der Waals surface area contributed by atoms with Gasteiger partial charge in [-0.2, -0.15) is 0 Å². The van der Waals surface area contributed by atoms with Crippen molar-refractivity contribution in [2.45, 2.75) is 29.9 Å². The molecule has 0 saturated carbocycles. The molecule has 4 rings (SSSR count). The average molecular weight is 468 g/mol. The van der Waals surface area contributed by atoms with Gasteiger partial charge in [-0.3, -0.25) is 14.4 Å². The van der Waals surface area contributed by atoms with Crippen molar-refractivity contribution in [2.75, 3.05) is 30.3 Å². The zero-order valence-corrected chi connectivity index (χ0v) is 19.0. The number of benzene rings is 2. The SMILES string of the molecule is CCOC(=O)c1cccc(NC(=O)[C@H]2CCCN(C(=O)[C@@H]3Sc4ccccc4NC3=O)C2)c1. The largest absolute Gasteiger partial charge is 0.462 e. The van der Waals surface area contributed by atoms with Gasteiger partial charge in [-0.15, -0.1) is 11.8 Å². The molecule has 2 aliphatic heterocycles. The zero-order valence-electron chi connectivity index (χ0n) is 18.2. The molecule has 2 aliphatic rings. The van der Waals surface area contributed by atoms with Gasteiger partial charge >= 0.3 is 5.97 Å². The maximum atomic E-state index is 13.1. The van der Waals surface area contributed by atoms with E-state index >= 15 is 0 Å². The molecule has 33 heavy (non-hydrogen) atoms. The van der Waals surface area contributed by atoms with Crippen LogP contribution in [-0.2, 0) is 19.1 Å². The minimum absolute atomic E-state index is 0.223. The van der Waals surface area contributed by atoms with Crippen LogP contribution in [0.25, 0.3) is 0 Å². The average Bonchev–Trinajstić information content (AvgIpc) is 2.83. The molecule has 2 N–H and O–H groups in total. The first-order valence-electron chi connectivity index (χ1n) is 10.9. The highest BCUT2D eigenvalue weighted by molar-refractivity contribution is 8.01. The fourth-order valence-electron chi connectivity index (χ4n) is 3.95. The van der Waals surface area contributed by atoms with Crippen LogP contribution in [0.4, 0.5) is 11.4 Å². The Kier molecular flexibility index (Phi) is 6.98. The van der Waals surface area contributed by atoms with Gasteiger partial charge in [-0.1, -0.05) is 18.2 Å². The normalized spacial score (nSPS) is 19.8. The summed E-state index contributed by atoms with van der Waals surface area (Å²) in [6.07, 6.45) is 1.31. The molecule has 0 aliphatic carbocycles. The third kappa shape index (κ3) is 5.19. The Hall–Kier alpha value is -3.33.